The van der Waals surface area contributed by atoms with Gasteiger partial charge in [-0.25, -0.2) is 4.79 Å². The molecule has 1 aromatic heterocycles. The number of hydrogen-bond donors (Lipinski definition) is 2. The third kappa shape index (κ3) is 3.54. The monoisotopic (exact) mass is 269 g/mol. The van der Waals surface area contributed by atoms with Crippen molar-refractivity contribution >= 4 is 28.2 Å². The highest BCUT2D eigenvalue weighted by atomic mass is 32.1. The number of hydrogen-bond acceptors (Lipinski definition) is 4. The molecule has 1 aliphatic rings. The second-order valence-electron chi connectivity index (χ2n) is 4.21. The van der Waals surface area contributed by atoms with Crippen molar-refractivity contribution in [3.05, 3.63) is 17.0 Å². The highest BCUT2D eigenvalue weighted by molar-refractivity contribution is 7.18. The standard InChI is InChI=1S/C12H15NO4S/c14-10(7-8-3-1-2-6-17-8)13-11-5-4-9(18-11)12(15)16/h4-5,8H,1-3,6-7H2,(H,13,14)(H,15,16). The number of carbonyl (C=O) groups is 2. The predicted octanol–water partition coefficient (Wildman–Crippen LogP) is 2.34. The molecule has 0 bridgehead atoms. The van der Waals surface area contributed by atoms with Crippen molar-refractivity contribution < 1.29 is 19.4 Å². The Kier molecular flexibility index (Phi) is 4.33. The first-order chi connectivity index (χ1) is 8.65. The molecule has 0 aromatic carbocycles. The SMILES string of the molecule is O=C(CC1CCCCO1)Nc1ccc(C(=O)O)s1. The maximum atomic E-state index is 11.7. The average Bonchev–Trinajstić information content (AvgIpc) is 2.78. The van der Waals surface area contributed by atoms with Gasteiger partial charge >= 0.3 is 5.97 Å². The van der Waals surface area contributed by atoms with Crippen LogP contribution in [-0.4, -0.2) is 29.7 Å². The van der Waals surface area contributed by atoms with Gasteiger partial charge in [0.25, 0.3) is 0 Å². The van der Waals surface area contributed by atoms with Crippen molar-refractivity contribution in [1.82, 2.24) is 0 Å². The van der Waals surface area contributed by atoms with Crippen LogP contribution in [0.25, 0.3) is 0 Å². The fourth-order valence-corrected chi connectivity index (χ4v) is 2.64. The molecular weight excluding hydrogens is 254 g/mol. The zero-order valence-corrected chi connectivity index (χ0v) is 10.7. The second kappa shape index (κ2) is 5.97. The van der Waals surface area contributed by atoms with E-state index < -0.39 is 5.97 Å². The number of amides is 1. The van der Waals surface area contributed by atoms with Crippen LogP contribution in [0.15, 0.2) is 12.1 Å². The fourth-order valence-electron chi connectivity index (χ4n) is 1.88. The lowest BCUT2D eigenvalue weighted by Crippen LogP contribution is -2.25. The number of ether oxygens (including phenoxy) is 1. The first-order valence-corrected chi connectivity index (χ1v) is 6.71. The highest BCUT2D eigenvalue weighted by Crippen LogP contribution is 2.23. The van der Waals surface area contributed by atoms with Crippen LogP contribution >= 0.6 is 11.3 Å². The Labute approximate surface area is 109 Å². The summed E-state index contributed by atoms with van der Waals surface area (Å²) >= 11 is 1.06. The van der Waals surface area contributed by atoms with Crippen LogP contribution in [0.1, 0.15) is 35.4 Å². The Balaban J connectivity index is 1.84. The molecule has 1 saturated heterocycles. The summed E-state index contributed by atoms with van der Waals surface area (Å²) in [6.07, 6.45) is 3.40. The van der Waals surface area contributed by atoms with Gasteiger partial charge in [-0.3, -0.25) is 4.79 Å². The summed E-state index contributed by atoms with van der Waals surface area (Å²) in [6, 6.07) is 3.09. The van der Waals surface area contributed by atoms with Gasteiger partial charge in [0.05, 0.1) is 17.5 Å². The van der Waals surface area contributed by atoms with Crippen LogP contribution in [0, 0.1) is 0 Å². The molecule has 5 nitrogen and oxygen atoms in total. The van der Waals surface area contributed by atoms with Crippen molar-refractivity contribution in [2.75, 3.05) is 11.9 Å². The molecule has 1 fully saturated rings. The first-order valence-electron chi connectivity index (χ1n) is 5.90. The summed E-state index contributed by atoms with van der Waals surface area (Å²) < 4.78 is 5.48. The lowest BCUT2D eigenvalue weighted by Gasteiger charge is -2.21. The lowest BCUT2D eigenvalue weighted by molar-refractivity contribution is -0.119. The Morgan fingerprint density at radius 3 is 2.89 bits per heavy atom. The number of aromatic carboxylic acids is 1. The highest BCUT2D eigenvalue weighted by Gasteiger charge is 2.18. The van der Waals surface area contributed by atoms with Crippen LogP contribution in [-0.2, 0) is 9.53 Å². The topological polar surface area (TPSA) is 75.6 Å². The molecule has 1 atom stereocenters. The number of carbonyl (C=O) groups excluding carboxylic acids is 1. The minimum Gasteiger partial charge on any atom is -0.477 e. The molecule has 0 spiro atoms. The number of rotatable bonds is 4. The van der Waals surface area contributed by atoms with Gasteiger partial charge in [0.2, 0.25) is 5.91 Å². The van der Waals surface area contributed by atoms with Crippen LogP contribution < -0.4 is 5.32 Å². The van der Waals surface area contributed by atoms with Gasteiger partial charge in [0.15, 0.2) is 0 Å². The van der Waals surface area contributed by atoms with Gasteiger partial charge in [0, 0.05) is 6.61 Å². The molecule has 1 aromatic rings. The zero-order valence-electron chi connectivity index (χ0n) is 9.85. The summed E-state index contributed by atoms with van der Waals surface area (Å²) in [6.45, 7) is 0.722. The number of anilines is 1. The molecule has 0 saturated carbocycles. The Morgan fingerprint density at radius 1 is 1.44 bits per heavy atom. The van der Waals surface area contributed by atoms with Gasteiger partial charge < -0.3 is 15.2 Å². The molecule has 98 valence electrons. The normalized spacial score (nSPS) is 19.4. The third-order valence-corrected chi connectivity index (χ3v) is 3.76. The molecule has 2 heterocycles. The molecule has 1 amide bonds. The van der Waals surface area contributed by atoms with Crippen LogP contribution in [0.2, 0.25) is 0 Å². The molecule has 0 aliphatic carbocycles. The quantitative estimate of drug-likeness (QED) is 0.879. The zero-order chi connectivity index (χ0) is 13.0. The molecule has 18 heavy (non-hydrogen) atoms. The summed E-state index contributed by atoms with van der Waals surface area (Å²) in [5.74, 6) is -1.10. The van der Waals surface area contributed by atoms with E-state index in [1.165, 1.54) is 6.07 Å². The smallest absolute Gasteiger partial charge is 0.345 e. The number of carboxylic acid groups (broad SMARTS) is 1. The number of nitrogens with one attached hydrogen (secondary N) is 1. The van der Waals surface area contributed by atoms with Crippen molar-refractivity contribution in [2.45, 2.75) is 31.8 Å². The molecular formula is C12H15NO4S. The average molecular weight is 269 g/mol. The maximum absolute atomic E-state index is 11.7. The largest absolute Gasteiger partial charge is 0.477 e. The van der Waals surface area contributed by atoms with E-state index in [0.717, 1.165) is 37.2 Å². The van der Waals surface area contributed by atoms with Gasteiger partial charge in [-0.2, -0.15) is 0 Å². The van der Waals surface area contributed by atoms with Gasteiger partial charge in [-0.15, -0.1) is 11.3 Å². The third-order valence-electron chi connectivity index (χ3n) is 2.77. The van der Waals surface area contributed by atoms with Gasteiger partial charge in [-0.1, -0.05) is 0 Å². The fraction of sp³-hybridized carbons (Fsp3) is 0.500. The van der Waals surface area contributed by atoms with E-state index in [2.05, 4.69) is 5.32 Å². The van der Waals surface area contributed by atoms with E-state index in [9.17, 15) is 9.59 Å². The first kappa shape index (κ1) is 13.0. The lowest BCUT2D eigenvalue weighted by atomic mass is 10.1. The summed E-state index contributed by atoms with van der Waals surface area (Å²) in [5, 5.41) is 12.0. The molecule has 2 N–H and O–H groups in total. The Bertz CT molecular complexity index is 437. The molecule has 0 radical (unpaired) electrons. The maximum Gasteiger partial charge on any atom is 0.345 e. The summed E-state index contributed by atoms with van der Waals surface area (Å²) in [5.41, 5.74) is 0. The molecule has 6 heteroatoms. The van der Waals surface area contributed by atoms with Crippen molar-refractivity contribution in [2.24, 2.45) is 0 Å². The predicted molar refractivity (Wildman–Crippen MR) is 68.1 cm³/mol. The minimum atomic E-state index is -0.976. The van der Waals surface area contributed by atoms with Crippen molar-refractivity contribution in [3.63, 3.8) is 0 Å². The molecule has 1 unspecified atom stereocenters. The Morgan fingerprint density at radius 2 is 2.28 bits per heavy atom. The summed E-state index contributed by atoms with van der Waals surface area (Å²) in [4.78, 5) is 22.6. The van der Waals surface area contributed by atoms with E-state index in [-0.39, 0.29) is 16.9 Å². The second-order valence-corrected chi connectivity index (χ2v) is 5.29. The minimum absolute atomic E-state index is 0.00217. The van der Waals surface area contributed by atoms with Crippen LogP contribution in [0.5, 0.6) is 0 Å². The van der Waals surface area contributed by atoms with E-state index in [0.29, 0.717) is 11.4 Å². The van der Waals surface area contributed by atoms with Gasteiger partial charge in [0.1, 0.15) is 4.88 Å². The van der Waals surface area contributed by atoms with E-state index in [4.69, 9.17) is 9.84 Å². The molecule has 2 rings (SSSR count). The van der Waals surface area contributed by atoms with Gasteiger partial charge in [-0.05, 0) is 31.4 Å². The van der Waals surface area contributed by atoms with E-state index in [1.54, 1.807) is 6.07 Å². The Hall–Kier alpha value is -1.40. The molecule has 1 aliphatic heterocycles. The van der Waals surface area contributed by atoms with Crippen LogP contribution in [0.4, 0.5) is 5.00 Å². The van der Waals surface area contributed by atoms with E-state index >= 15 is 0 Å². The number of thiophene rings is 1. The van der Waals surface area contributed by atoms with E-state index in [1.807, 2.05) is 0 Å². The number of carboxylic acids is 1. The summed E-state index contributed by atoms with van der Waals surface area (Å²) in [7, 11) is 0. The van der Waals surface area contributed by atoms with Crippen LogP contribution in [0.3, 0.4) is 0 Å². The van der Waals surface area contributed by atoms with Crippen molar-refractivity contribution in [3.8, 4) is 0 Å². The van der Waals surface area contributed by atoms with Crippen molar-refractivity contribution in [1.29, 1.82) is 0 Å².